The summed E-state index contributed by atoms with van der Waals surface area (Å²) in [6.45, 7) is 1.77. The van der Waals surface area contributed by atoms with Crippen molar-refractivity contribution in [1.82, 2.24) is 5.32 Å². The average molecular weight is 294 g/mol. The van der Waals surface area contributed by atoms with Gasteiger partial charge in [0.05, 0.1) is 6.10 Å². The summed E-state index contributed by atoms with van der Waals surface area (Å²) in [5, 5.41) is 4.37. The van der Waals surface area contributed by atoms with E-state index in [-0.39, 0.29) is 6.10 Å². The number of benzene rings is 1. The van der Waals surface area contributed by atoms with Gasteiger partial charge in [-0.3, -0.25) is 0 Å². The lowest BCUT2D eigenvalue weighted by atomic mass is 9.83. The average Bonchev–Trinajstić information content (AvgIpc) is 3.20. The van der Waals surface area contributed by atoms with Crippen molar-refractivity contribution >= 4 is 11.6 Å². The van der Waals surface area contributed by atoms with Crippen LogP contribution in [0.25, 0.3) is 0 Å². The summed E-state index contributed by atoms with van der Waals surface area (Å²) in [4.78, 5) is 0. The molecule has 0 radical (unpaired) electrons. The molecule has 0 aliphatic heterocycles. The number of hydrogen-bond acceptors (Lipinski definition) is 2. The minimum Gasteiger partial charge on any atom is -0.372 e. The standard InChI is InChI=1S/C17H24ClNO/c18-15-6-2-5-14(11-15)17(12-19-16-7-8-16)20-10-9-13-3-1-4-13/h2,5-6,11,13,16-17,19H,1,3-4,7-10,12H2. The Bertz CT molecular complexity index is 429. The van der Waals surface area contributed by atoms with Crippen molar-refractivity contribution in [3.8, 4) is 0 Å². The van der Waals surface area contributed by atoms with E-state index in [1.165, 1.54) is 44.1 Å². The summed E-state index contributed by atoms with van der Waals surface area (Å²) in [6.07, 6.45) is 8.16. The fourth-order valence-electron chi connectivity index (χ4n) is 2.70. The summed E-state index contributed by atoms with van der Waals surface area (Å²) in [5.74, 6) is 0.909. The van der Waals surface area contributed by atoms with Crippen LogP contribution in [0, 0.1) is 5.92 Å². The maximum atomic E-state index is 6.15. The van der Waals surface area contributed by atoms with Crippen LogP contribution in [0.5, 0.6) is 0 Å². The highest BCUT2D eigenvalue weighted by atomic mass is 35.5. The first-order valence-corrected chi connectivity index (χ1v) is 8.29. The molecular weight excluding hydrogens is 270 g/mol. The minimum absolute atomic E-state index is 0.134. The summed E-state index contributed by atoms with van der Waals surface area (Å²) < 4.78 is 6.15. The van der Waals surface area contributed by atoms with E-state index >= 15 is 0 Å². The molecule has 0 amide bonds. The molecule has 2 nitrogen and oxygen atoms in total. The Morgan fingerprint density at radius 3 is 2.75 bits per heavy atom. The van der Waals surface area contributed by atoms with E-state index in [1.54, 1.807) is 0 Å². The first-order chi connectivity index (χ1) is 9.81. The van der Waals surface area contributed by atoms with Gasteiger partial charge in [-0.2, -0.15) is 0 Å². The van der Waals surface area contributed by atoms with Crippen molar-refractivity contribution in [2.45, 2.75) is 50.7 Å². The molecule has 2 fully saturated rings. The minimum atomic E-state index is 0.134. The van der Waals surface area contributed by atoms with Crippen molar-refractivity contribution < 1.29 is 4.74 Å². The largest absolute Gasteiger partial charge is 0.372 e. The second kappa shape index (κ2) is 6.93. The Morgan fingerprint density at radius 2 is 2.10 bits per heavy atom. The maximum Gasteiger partial charge on any atom is 0.0949 e. The van der Waals surface area contributed by atoms with Crippen molar-refractivity contribution in [2.24, 2.45) is 5.92 Å². The van der Waals surface area contributed by atoms with Crippen LogP contribution in [0.3, 0.4) is 0 Å². The van der Waals surface area contributed by atoms with Gasteiger partial charge in [0.2, 0.25) is 0 Å². The van der Waals surface area contributed by atoms with Gasteiger partial charge in [0, 0.05) is 24.2 Å². The molecule has 3 heteroatoms. The summed E-state index contributed by atoms with van der Waals surface area (Å²) >= 11 is 6.10. The molecule has 2 aliphatic rings. The molecule has 1 unspecified atom stereocenters. The molecule has 1 N–H and O–H groups in total. The molecular formula is C17H24ClNO. The molecule has 1 aromatic carbocycles. The van der Waals surface area contributed by atoms with E-state index in [2.05, 4.69) is 11.4 Å². The molecule has 0 saturated heterocycles. The van der Waals surface area contributed by atoms with E-state index in [0.717, 1.165) is 24.1 Å². The molecule has 1 aromatic rings. The van der Waals surface area contributed by atoms with Crippen molar-refractivity contribution in [1.29, 1.82) is 0 Å². The van der Waals surface area contributed by atoms with E-state index < -0.39 is 0 Å². The number of nitrogens with one attached hydrogen (secondary N) is 1. The zero-order chi connectivity index (χ0) is 13.8. The van der Waals surface area contributed by atoms with Gasteiger partial charge in [0.1, 0.15) is 0 Å². The van der Waals surface area contributed by atoms with Crippen LogP contribution in [-0.4, -0.2) is 19.2 Å². The third kappa shape index (κ3) is 4.21. The fourth-order valence-corrected chi connectivity index (χ4v) is 2.90. The summed E-state index contributed by atoms with van der Waals surface area (Å²) in [7, 11) is 0. The predicted octanol–water partition coefficient (Wildman–Crippen LogP) is 4.34. The highest BCUT2D eigenvalue weighted by Crippen LogP contribution is 2.30. The number of rotatable bonds is 8. The second-order valence-corrected chi connectivity index (χ2v) is 6.62. The molecule has 1 atom stereocenters. The van der Waals surface area contributed by atoms with Crippen molar-refractivity contribution in [3.63, 3.8) is 0 Å². The lowest BCUT2D eigenvalue weighted by molar-refractivity contribution is 0.0369. The SMILES string of the molecule is Clc1cccc(C(CNC2CC2)OCCC2CCC2)c1. The smallest absolute Gasteiger partial charge is 0.0949 e. The first-order valence-electron chi connectivity index (χ1n) is 7.92. The Balaban J connectivity index is 1.53. The van der Waals surface area contributed by atoms with Crippen LogP contribution in [0.1, 0.15) is 50.2 Å². The van der Waals surface area contributed by atoms with Gasteiger partial charge in [0.15, 0.2) is 0 Å². The fraction of sp³-hybridized carbons (Fsp3) is 0.647. The Hall–Kier alpha value is -0.570. The van der Waals surface area contributed by atoms with Crippen LogP contribution < -0.4 is 5.32 Å². The molecule has 0 bridgehead atoms. The normalized spacial score (nSPS) is 20.6. The first kappa shape index (κ1) is 14.4. The monoisotopic (exact) mass is 293 g/mol. The van der Waals surface area contributed by atoms with Gasteiger partial charge in [0.25, 0.3) is 0 Å². The molecule has 20 heavy (non-hydrogen) atoms. The van der Waals surface area contributed by atoms with Crippen LogP contribution in [0.4, 0.5) is 0 Å². The Kier molecular flexibility index (Phi) is 4.98. The molecule has 2 aliphatic carbocycles. The molecule has 0 heterocycles. The Morgan fingerprint density at radius 1 is 1.25 bits per heavy atom. The van der Waals surface area contributed by atoms with Gasteiger partial charge in [-0.25, -0.2) is 0 Å². The van der Waals surface area contributed by atoms with Gasteiger partial charge < -0.3 is 10.1 Å². The number of halogens is 1. The molecule has 110 valence electrons. The maximum absolute atomic E-state index is 6.15. The zero-order valence-electron chi connectivity index (χ0n) is 12.0. The molecule has 0 aromatic heterocycles. The van der Waals surface area contributed by atoms with Crippen LogP contribution in [0.2, 0.25) is 5.02 Å². The van der Waals surface area contributed by atoms with Crippen LogP contribution >= 0.6 is 11.6 Å². The molecule has 0 spiro atoms. The van der Waals surface area contributed by atoms with E-state index in [1.807, 2.05) is 18.2 Å². The number of hydrogen-bond donors (Lipinski definition) is 1. The van der Waals surface area contributed by atoms with E-state index in [0.29, 0.717) is 6.04 Å². The highest BCUT2D eigenvalue weighted by molar-refractivity contribution is 6.30. The highest BCUT2D eigenvalue weighted by Gasteiger charge is 2.23. The second-order valence-electron chi connectivity index (χ2n) is 6.18. The van der Waals surface area contributed by atoms with Crippen LogP contribution in [-0.2, 0) is 4.74 Å². The van der Waals surface area contributed by atoms with E-state index in [9.17, 15) is 0 Å². The van der Waals surface area contributed by atoms with Crippen molar-refractivity contribution in [2.75, 3.05) is 13.2 Å². The van der Waals surface area contributed by atoms with Gasteiger partial charge in [-0.05, 0) is 42.9 Å². The summed E-state index contributed by atoms with van der Waals surface area (Å²) in [5.41, 5.74) is 1.19. The third-order valence-electron chi connectivity index (χ3n) is 4.46. The molecule has 2 saturated carbocycles. The quantitative estimate of drug-likeness (QED) is 0.770. The van der Waals surface area contributed by atoms with Gasteiger partial charge >= 0.3 is 0 Å². The van der Waals surface area contributed by atoms with Gasteiger partial charge in [-0.1, -0.05) is 43.0 Å². The topological polar surface area (TPSA) is 21.3 Å². The third-order valence-corrected chi connectivity index (χ3v) is 4.69. The zero-order valence-corrected chi connectivity index (χ0v) is 12.7. The lowest BCUT2D eigenvalue weighted by Gasteiger charge is -2.26. The van der Waals surface area contributed by atoms with E-state index in [4.69, 9.17) is 16.3 Å². The van der Waals surface area contributed by atoms with Gasteiger partial charge in [-0.15, -0.1) is 0 Å². The van der Waals surface area contributed by atoms with Crippen molar-refractivity contribution in [3.05, 3.63) is 34.9 Å². The van der Waals surface area contributed by atoms with Crippen LogP contribution in [0.15, 0.2) is 24.3 Å². The molecule has 3 rings (SSSR count). The summed E-state index contributed by atoms with van der Waals surface area (Å²) in [6, 6.07) is 8.80. The predicted molar refractivity (Wildman–Crippen MR) is 83.1 cm³/mol. The number of ether oxygens (including phenoxy) is 1. The Labute approximate surface area is 126 Å². The lowest BCUT2D eigenvalue weighted by Crippen LogP contribution is -2.26.